The molecule has 366 valence electrons. The van der Waals surface area contributed by atoms with Crippen LogP contribution in [0.25, 0.3) is 0 Å². The molecule has 0 unspecified atom stereocenters. The van der Waals surface area contributed by atoms with Crippen molar-refractivity contribution in [2.45, 2.75) is 243 Å². The van der Waals surface area contributed by atoms with E-state index in [0.29, 0.717) is 0 Å². The molecule has 0 amide bonds. The van der Waals surface area contributed by atoms with Crippen molar-refractivity contribution in [1.29, 1.82) is 0 Å². The second-order valence-corrected chi connectivity index (χ2v) is 15.4. The minimum absolute atomic E-state index is 0.121. The number of rotatable bonds is 5. The number of aryl methyl sites for hydroxylation is 3. The van der Waals surface area contributed by atoms with Crippen LogP contribution in [-0.2, 0) is 12.8 Å². The molecule has 0 heterocycles. The molecule has 3 aromatic carbocycles. The summed E-state index contributed by atoms with van der Waals surface area (Å²) in [5, 5.41) is 0. The van der Waals surface area contributed by atoms with Crippen molar-refractivity contribution in [2.24, 2.45) is 11.8 Å². The van der Waals surface area contributed by atoms with Gasteiger partial charge in [-0.25, -0.2) is 0 Å². The van der Waals surface area contributed by atoms with Gasteiger partial charge in [-0.1, -0.05) is 297 Å². The Balaban J connectivity index is -0.0000000725. The van der Waals surface area contributed by atoms with E-state index in [0.717, 1.165) is 30.2 Å². The molecule has 0 aliphatic heterocycles. The number of unbranched alkanes of at least 4 members (excludes halogenated alkanes) is 1. The van der Waals surface area contributed by atoms with Gasteiger partial charge in [0.25, 0.3) is 0 Å². The molecule has 0 aromatic heterocycles. The lowest BCUT2D eigenvalue weighted by molar-refractivity contribution is 0.101. The normalized spacial score (nSPS) is 9.68. The number of carbonyl (C=O) groups is 1. The minimum atomic E-state index is 0.121. The Morgan fingerprint density at radius 1 is 0.597 bits per heavy atom. The Bertz CT molecular complexity index is 1110. The molecular weight excluding hydrogens is 749 g/mol. The molecule has 1 aliphatic carbocycles. The summed E-state index contributed by atoms with van der Waals surface area (Å²) in [4.78, 5) is 10.6. The first-order valence-corrected chi connectivity index (χ1v) is 25.4. The molecule has 1 heteroatoms. The zero-order valence-electron chi connectivity index (χ0n) is 46.8. The van der Waals surface area contributed by atoms with Gasteiger partial charge in [-0.3, -0.25) is 4.79 Å². The summed E-state index contributed by atoms with van der Waals surface area (Å²) in [6.45, 7) is 54.9. The van der Waals surface area contributed by atoms with Crippen molar-refractivity contribution < 1.29 is 4.79 Å². The van der Waals surface area contributed by atoms with E-state index >= 15 is 0 Å². The molecule has 0 radical (unpaired) electrons. The van der Waals surface area contributed by atoms with Crippen LogP contribution in [-0.4, -0.2) is 5.78 Å². The second-order valence-electron chi connectivity index (χ2n) is 15.4. The fraction of sp³-hybridized carbons (Fsp3) is 0.623. The van der Waals surface area contributed by atoms with E-state index in [1.807, 2.05) is 84.9 Å². The average molecular weight is 866 g/mol. The van der Waals surface area contributed by atoms with Crippen molar-refractivity contribution >= 4 is 5.78 Å². The highest BCUT2D eigenvalue weighted by molar-refractivity contribution is 5.93. The maximum absolute atomic E-state index is 10.6. The van der Waals surface area contributed by atoms with Gasteiger partial charge in [-0.15, -0.1) is 13.2 Å². The minimum Gasteiger partial charge on any atom is -0.295 e. The Labute approximate surface area is 395 Å². The third kappa shape index (κ3) is 101. The number of hydrogen-bond donors (Lipinski definition) is 0. The van der Waals surface area contributed by atoms with E-state index in [1.165, 1.54) is 92.9 Å². The second kappa shape index (κ2) is 78.3. The maximum atomic E-state index is 10.6. The third-order valence-corrected chi connectivity index (χ3v) is 7.17. The van der Waals surface area contributed by atoms with E-state index in [4.69, 9.17) is 0 Å². The van der Waals surface area contributed by atoms with Crippen LogP contribution in [0.4, 0.5) is 0 Å². The zero-order valence-corrected chi connectivity index (χ0v) is 46.8. The van der Waals surface area contributed by atoms with Crippen molar-refractivity contribution in [3.8, 4) is 0 Å². The van der Waals surface area contributed by atoms with Gasteiger partial charge in [0.15, 0.2) is 5.78 Å². The Hall–Kier alpha value is -3.19. The van der Waals surface area contributed by atoms with Gasteiger partial charge in [-0.2, -0.15) is 0 Å². The Kier molecular flexibility index (Phi) is 100. The lowest BCUT2D eigenvalue weighted by atomic mass is 9.91. The van der Waals surface area contributed by atoms with Crippen molar-refractivity contribution in [3.05, 3.63) is 132 Å². The molecule has 1 aliphatic rings. The predicted octanol–water partition coefficient (Wildman–Crippen LogP) is 22.2. The number of allylic oxidation sites excluding steroid dienone is 2. The number of ketones is 1. The van der Waals surface area contributed by atoms with Crippen LogP contribution < -0.4 is 0 Å². The van der Waals surface area contributed by atoms with Gasteiger partial charge < -0.3 is 0 Å². The Morgan fingerprint density at radius 3 is 1.05 bits per heavy atom. The quantitative estimate of drug-likeness (QED) is 0.184. The first kappa shape index (κ1) is 79.2. The maximum Gasteiger partial charge on any atom is 0.159 e. The fourth-order valence-corrected chi connectivity index (χ4v) is 3.52. The number of carbonyl (C=O) groups excluding carboxylic acids is 1. The molecule has 62 heavy (non-hydrogen) atoms. The van der Waals surface area contributed by atoms with Crippen LogP contribution in [0, 0.1) is 18.8 Å². The van der Waals surface area contributed by atoms with Crippen LogP contribution in [0.5, 0.6) is 0 Å². The molecule has 0 saturated heterocycles. The van der Waals surface area contributed by atoms with Gasteiger partial charge in [-0.05, 0) is 70.4 Å². The molecule has 0 N–H and O–H groups in total. The van der Waals surface area contributed by atoms with E-state index < -0.39 is 0 Å². The summed E-state index contributed by atoms with van der Waals surface area (Å²) < 4.78 is 0. The lowest BCUT2D eigenvalue weighted by Gasteiger charge is -2.15. The monoisotopic (exact) mass is 865 g/mol. The van der Waals surface area contributed by atoms with Crippen LogP contribution in [0.2, 0.25) is 0 Å². The van der Waals surface area contributed by atoms with Gasteiger partial charge in [0.2, 0.25) is 0 Å². The van der Waals surface area contributed by atoms with Gasteiger partial charge in [0, 0.05) is 5.56 Å². The Morgan fingerprint density at radius 2 is 0.871 bits per heavy atom. The highest BCUT2D eigenvalue weighted by Crippen LogP contribution is 2.22. The summed E-state index contributed by atoms with van der Waals surface area (Å²) in [5.41, 5.74) is 6.11. The summed E-state index contributed by atoms with van der Waals surface area (Å²) in [6.07, 6.45) is 19.2. The molecule has 1 nitrogen and oxygen atoms in total. The molecule has 1 saturated carbocycles. The molecule has 1 fully saturated rings. The first-order valence-electron chi connectivity index (χ1n) is 25.4. The molecule has 4 rings (SSSR count). The standard InChI is InChI=1S/C9H12.C8H8O.C8H10.C7H14.C5H12.C4H8.C4H10.3C3H8.C3H6.2C2H6/c1-3-9-6-4-8(2)5-7-9;1-7(9)8-5-3-2-4-6-8;1-2-8-6-4-3-5-7-8;1-7-5-3-2-4-6-7;1-4-5(2)3;1-4(2)3;1-3-4-2;4*1-3-2;2*1-2/h4-7H,3H2,1-2H3;2-6H,1H3;3-7H,2H2,1H3;7H,2-6H2,1H3;5H,4H2,1-3H3;1H2,2-3H3;3-4H2,1-2H3;3*3H2,1-2H3;3H,1H2,2H3;2*1-2H3. The molecule has 0 atom stereocenters. The highest BCUT2D eigenvalue weighted by atomic mass is 16.1. The van der Waals surface area contributed by atoms with Crippen LogP contribution in [0.3, 0.4) is 0 Å². The zero-order chi connectivity index (χ0) is 50.4. The van der Waals surface area contributed by atoms with E-state index in [-0.39, 0.29) is 5.78 Å². The molecule has 3 aromatic rings. The SMILES string of the molecule is C=C(C)C.C=CC.CC.CC.CC(=O)c1ccccc1.CC1CCCCC1.CCC.CCC.CCC.CCC(C)C.CCCC.CCc1ccc(C)cc1.CCc1ccccc1. The van der Waals surface area contributed by atoms with Crippen molar-refractivity contribution in [3.63, 3.8) is 0 Å². The van der Waals surface area contributed by atoms with Crippen LogP contribution in [0.15, 0.2) is 110 Å². The molecule has 0 bridgehead atoms. The van der Waals surface area contributed by atoms with Crippen LogP contribution >= 0.6 is 0 Å². The summed E-state index contributed by atoms with van der Waals surface area (Å²) >= 11 is 0. The van der Waals surface area contributed by atoms with Gasteiger partial charge in [0.05, 0.1) is 0 Å². The number of hydrogen-bond acceptors (Lipinski definition) is 1. The predicted molar refractivity (Wildman–Crippen MR) is 298 cm³/mol. The molecular formula is C61H116O. The smallest absolute Gasteiger partial charge is 0.159 e. The average Bonchev–Trinajstić information content (AvgIpc) is 3.28. The number of Topliss-reactive ketones (excluding diaryl/α,β-unsaturated/α-hetero) is 1. The highest BCUT2D eigenvalue weighted by Gasteiger charge is 2.06. The summed E-state index contributed by atoms with van der Waals surface area (Å²) in [5.74, 6) is 2.04. The van der Waals surface area contributed by atoms with E-state index in [2.05, 4.69) is 166 Å². The van der Waals surface area contributed by atoms with E-state index in [9.17, 15) is 4.79 Å². The third-order valence-electron chi connectivity index (χ3n) is 7.17. The first-order chi connectivity index (χ1) is 29.5. The number of benzene rings is 3. The topological polar surface area (TPSA) is 17.1 Å². The summed E-state index contributed by atoms with van der Waals surface area (Å²) in [6, 6.07) is 28.3. The van der Waals surface area contributed by atoms with Crippen molar-refractivity contribution in [2.75, 3.05) is 0 Å². The molecule has 0 spiro atoms. The fourth-order valence-electron chi connectivity index (χ4n) is 3.52. The van der Waals surface area contributed by atoms with Gasteiger partial charge >= 0.3 is 0 Å². The van der Waals surface area contributed by atoms with E-state index in [1.54, 1.807) is 13.0 Å². The van der Waals surface area contributed by atoms with Crippen LogP contribution in [0.1, 0.15) is 250 Å². The lowest BCUT2D eigenvalue weighted by Crippen LogP contribution is -1.99. The van der Waals surface area contributed by atoms with Crippen molar-refractivity contribution in [1.82, 2.24) is 0 Å². The summed E-state index contributed by atoms with van der Waals surface area (Å²) in [7, 11) is 0. The largest absolute Gasteiger partial charge is 0.295 e. The van der Waals surface area contributed by atoms with Gasteiger partial charge in [0.1, 0.15) is 0 Å².